The molecule has 2 N–H and O–H groups in total. The van der Waals surface area contributed by atoms with Gasteiger partial charge >= 0.3 is 11.2 Å². The van der Waals surface area contributed by atoms with E-state index < -0.39 is 38.0 Å². The summed E-state index contributed by atoms with van der Waals surface area (Å²) < 4.78 is 64.0. The van der Waals surface area contributed by atoms with E-state index >= 15 is 0 Å². The number of imidazole rings is 1. The fraction of sp³-hybridized carbons (Fsp3) is 0.375. The van der Waals surface area contributed by atoms with Gasteiger partial charge in [0.2, 0.25) is 12.3 Å². The summed E-state index contributed by atoms with van der Waals surface area (Å²) in [4.78, 5) is 30.7. The van der Waals surface area contributed by atoms with Crippen molar-refractivity contribution in [3.63, 3.8) is 0 Å². The van der Waals surface area contributed by atoms with Crippen LogP contribution in [0.3, 0.4) is 0 Å². The molecule has 1 aromatic carbocycles. The maximum atomic E-state index is 13.5. The molecule has 10 nitrogen and oxygen atoms in total. The Hall–Kier alpha value is -3.65. The maximum absolute atomic E-state index is 13.5. The van der Waals surface area contributed by atoms with Crippen LogP contribution in [0.5, 0.6) is 5.88 Å². The lowest BCUT2D eigenvalue weighted by atomic mass is 9.92. The van der Waals surface area contributed by atoms with Crippen LogP contribution in [0.4, 0.5) is 13.2 Å². The standard InChI is InChI=1S/C24H26F3N5O5S/c1-15-22(34)32(18-3-5-19(6-4-18)38(36,37)24(25,26)27)23(35)31(15)21(29-14-33)17-7-10-28-20(13-17)16-8-11-30(2)12-9-16/h3-7,10,13-14,16,21,34H,8-9,11-12H2,1-2H3,(H,29,33). The Bertz CT molecular complexity index is 1490. The van der Waals surface area contributed by atoms with E-state index in [9.17, 15) is 36.3 Å². The number of hydrogen-bond acceptors (Lipinski definition) is 7. The molecule has 1 fully saturated rings. The summed E-state index contributed by atoms with van der Waals surface area (Å²) in [7, 11) is -3.54. The number of carbonyl (C=O) groups is 1. The van der Waals surface area contributed by atoms with Gasteiger partial charge in [-0.2, -0.15) is 13.2 Å². The summed E-state index contributed by atoms with van der Waals surface area (Å²) in [6.45, 7) is 3.25. The quantitative estimate of drug-likeness (QED) is 0.431. The molecule has 1 aliphatic rings. The molecule has 0 bridgehead atoms. The van der Waals surface area contributed by atoms with Gasteiger partial charge in [0.1, 0.15) is 6.17 Å². The van der Waals surface area contributed by atoms with Gasteiger partial charge < -0.3 is 15.3 Å². The number of pyridine rings is 1. The molecule has 0 saturated carbocycles. The van der Waals surface area contributed by atoms with Crippen LogP contribution < -0.4 is 11.0 Å². The molecule has 1 atom stereocenters. The number of aromatic hydroxyl groups is 1. The highest BCUT2D eigenvalue weighted by Crippen LogP contribution is 2.32. The number of benzene rings is 1. The van der Waals surface area contributed by atoms with E-state index in [1.807, 2.05) is 7.05 Å². The van der Waals surface area contributed by atoms with Gasteiger partial charge in [-0.05, 0) is 81.9 Å². The van der Waals surface area contributed by atoms with Crippen molar-refractivity contribution in [2.24, 2.45) is 0 Å². The van der Waals surface area contributed by atoms with Gasteiger partial charge in [-0.1, -0.05) is 0 Å². The second kappa shape index (κ2) is 10.3. The first-order chi connectivity index (χ1) is 17.9. The number of halogens is 3. The smallest absolute Gasteiger partial charge is 0.493 e. The minimum atomic E-state index is -5.58. The number of alkyl halides is 3. The number of nitrogens with one attached hydrogen (secondary N) is 1. The number of rotatable bonds is 7. The molecule has 0 spiro atoms. The molecule has 0 radical (unpaired) electrons. The highest BCUT2D eigenvalue weighted by molar-refractivity contribution is 7.92. The first-order valence-corrected chi connectivity index (χ1v) is 13.1. The zero-order chi connectivity index (χ0) is 27.8. The lowest BCUT2D eigenvalue weighted by molar-refractivity contribution is -0.110. The maximum Gasteiger partial charge on any atom is 0.501 e. The van der Waals surface area contributed by atoms with Crippen LogP contribution in [-0.4, -0.2) is 64.6 Å². The van der Waals surface area contributed by atoms with E-state index in [4.69, 9.17) is 0 Å². The summed E-state index contributed by atoms with van der Waals surface area (Å²) in [5, 5.41) is 13.4. The van der Waals surface area contributed by atoms with E-state index in [0.29, 0.717) is 24.1 Å². The summed E-state index contributed by atoms with van der Waals surface area (Å²) in [5.74, 6) is -0.325. The molecule has 4 rings (SSSR count). The number of likely N-dealkylation sites (tertiary alicyclic amines) is 1. The molecule has 204 valence electrons. The largest absolute Gasteiger partial charge is 0.501 e. The van der Waals surface area contributed by atoms with Crippen molar-refractivity contribution in [2.75, 3.05) is 20.1 Å². The third-order valence-corrected chi connectivity index (χ3v) is 8.25. The van der Waals surface area contributed by atoms with Gasteiger partial charge in [0.25, 0.3) is 9.84 Å². The molecule has 3 heterocycles. The Morgan fingerprint density at radius 1 is 1.16 bits per heavy atom. The fourth-order valence-corrected chi connectivity index (χ4v) is 5.37. The topological polar surface area (TPSA) is 127 Å². The average Bonchev–Trinajstić information content (AvgIpc) is 3.10. The van der Waals surface area contributed by atoms with Crippen molar-refractivity contribution in [2.45, 2.75) is 42.3 Å². The van der Waals surface area contributed by atoms with E-state index in [1.165, 1.54) is 6.92 Å². The summed E-state index contributed by atoms with van der Waals surface area (Å²) in [5.41, 5.74) is -4.94. The number of piperidine rings is 1. The van der Waals surface area contributed by atoms with Gasteiger partial charge in [0.15, 0.2) is 0 Å². The van der Waals surface area contributed by atoms with Crippen molar-refractivity contribution in [1.82, 2.24) is 24.3 Å². The molecule has 2 aromatic heterocycles. The van der Waals surface area contributed by atoms with Crippen molar-refractivity contribution in [3.8, 4) is 11.6 Å². The first-order valence-electron chi connectivity index (χ1n) is 11.7. The molecule has 1 unspecified atom stereocenters. The van der Waals surface area contributed by atoms with Gasteiger partial charge in [-0.25, -0.2) is 17.8 Å². The lowest BCUT2D eigenvalue weighted by Gasteiger charge is -2.29. The second-order valence-electron chi connectivity index (χ2n) is 9.12. The SMILES string of the molecule is Cc1c(O)n(-c2ccc(S(=O)(=O)C(F)(F)F)cc2)c(=O)n1C(NC=O)c1ccnc(C2CCN(C)CC2)c1. The van der Waals surface area contributed by atoms with Crippen LogP contribution >= 0.6 is 0 Å². The van der Waals surface area contributed by atoms with E-state index in [0.717, 1.165) is 52.9 Å². The van der Waals surface area contributed by atoms with Gasteiger partial charge in [-0.3, -0.25) is 14.3 Å². The molecule has 14 heteroatoms. The second-order valence-corrected chi connectivity index (χ2v) is 11.1. The van der Waals surface area contributed by atoms with Crippen LogP contribution in [0.2, 0.25) is 0 Å². The number of nitrogens with zero attached hydrogens (tertiary/aromatic N) is 4. The molecular formula is C24H26F3N5O5S. The van der Waals surface area contributed by atoms with E-state index in [-0.39, 0.29) is 17.3 Å². The number of hydrogen-bond donors (Lipinski definition) is 2. The first kappa shape index (κ1) is 27.4. The predicted octanol–water partition coefficient (Wildman–Crippen LogP) is 2.44. The normalized spacial score (nSPS) is 16.3. The van der Waals surface area contributed by atoms with Gasteiger partial charge in [-0.15, -0.1) is 0 Å². The Morgan fingerprint density at radius 2 is 1.79 bits per heavy atom. The zero-order valence-corrected chi connectivity index (χ0v) is 21.3. The Labute approximate surface area is 216 Å². The van der Waals surface area contributed by atoms with Crippen LogP contribution in [0.25, 0.3) is 5.69 Å². The van der Waals surface area contributed by atoms with Crippen LogP contribution in [0, 0.1) is 6.92 Å². The van der Waals surface area contributed by atoms with Crippen molar-refractivity contribution >= 4 is 16.2 Å². The van der Waals surface area contributed by atoms with Gasteiger partial charge in [0, 0.05) is 17.8 Å². The zero-order valence-electron chi connectivity index (χ0n) is 20.5. The van der Waals surface area contributed by atoms with Crippen molar-refractivity contribution in [3.05, 3.63) is 70.0 Å². The van der Waals surface area contributed by atoms with Crippen molar-refractivity contribution < 1.29 is 31.5 Å². The minimum absolute atomic E-state index is 0.0675. The minimum Gasteiger partial charge on any atom is -0.493 e. The Balaban J connectivity index is 1.75. The molecule has 1 aliphatic heterocycles. The number of amides is 1. The molecule has 3 aromatic rings. The van der Waals surface area contributed by atoms with Crippen LogP contribution in [0.15, 0.2) is 52.3 Å². The molecule has 0 aliphatic carbocycles. The molecule has 38 heavy (non-hydrogen) atoms. The lowest BCUT2D eigenvalue weighted by Crippen LogP contribution is -2.36. The fourth-order valence-electron chi connectivity index (χ4n) is 4.60. The summed E-state index contributed by atoms with van der Waals surface area (Å²) in [6.07, 6.45) is 2.77. The third-order valence-electron chi connectivity index (χ3n) is 6.75. The van der Waals surface area contributed by atoms with E-state index in [1.54, 1.807) is 18.3 Å². The predicted molar refractivity (Wildman–Crippen MR) is 131 cm³/mol. The van der Waals surface area contributed by atoms with Gasteiger partial charge in [0.05, 0.1) is 16.3 Å². The number of aromatic nitrogens is 3. The van der Waals surface area contributed by atoms with Crippen molar-refractivity contribution in [1.29, 1.82) is 0 Å². The van der Waals surface area contributed by atoms with E-state index in [2.05, 4.69) is 15.2 Å². The molecule has 1 amide bonds. The van der Waals surface area contributed by atoms with Crippen LogP contribution in [-0.2, 0) is 14.6 Å². The number of sulfone groups is 1. The third kappa shape index (κ3) is 4.92. The summed E-state index contributed by atoms with van der Waals surface area (Å²) >= 11 is 0. The Morgan fingerprint density at radius 3 is 2.37 bits per heavy atom. The monoisotopic (exact) mass is 553 g/mol. The summed E-state index contributed by atoms with van der Waals surface area (Å²) in [6, 6.07) is 6.81. The highest BCUT2D eigenvalue weighted by atomic mass is 32.2. The van der Waals surface area contributed by atoms with Crippen LogP contribution in [0.1, 0.15) is 41.9 Å². The highest BCUT2D eigenvalue weighted by Gasteiger charge is 2.46. The average molecular weight is 554 g/mol. The Kier molecular flexibility index (Phi) is 7.39. The number of carbonyl (C=O) groups excluding carboxylic acids is 1. The molecular weight excluding hydrogens is 527 g/mol. The molecule has 1 saturated heterocycles.